The number of aromatic nitrogens is 3. The van der Waals surface area contributed by atoms with E-state index >= 15 is 0 Å². The second-order valence-electron chi connectivity index (χ2n) is 7.25. The van der Waals surface area contributed by atoms with Crippen LogP contribution in [0.4, 0.5) is 10.1 Å². The maximum Gasteiger partial charge on any atom is 0.267 e. The van der Waals surface area contributed by atoms with Crippen molar-refractivity contribution in [1.82, 2.24) is 15.0 Å². The Hall–Kier alpha value is -3.75. The standard InChI is InChI=1S/C25H17FN4OS2/c1-15-22(33-25(28-15)16-5-7-19(26)8-6-16)23(31)29-20-4-2-3-18(13-20)21-14-32-24(30-21)17-9-11-27-12-10-17/h2-14H,1H3,(H,29,31). The number of hydrogen-bond acceptors (Lipinski definition) is 6. The monoisotopic (exact) mass is 472 g/mol. The van der Waals surface area contributed by atoms with Gasteiger partial charge in [-0.15, -0.1) is 22.7 Å². The van der Waals surface area contributed by atoms with Crippen molar-refractivity contribution in [2.24, 2.45) is 0 Å². The van der Waals surface area contributed by atoms with E-state index in [9.17, 15) is 9.18 Å². The molecule has 2 aromatic carbocycles. The zero-order valence-corrected chi connectivity index (χ0v) is 19.1. The van der Waals surface area contributed by atoms with Gasteiger partial charge in [0.05, 0.1) is 11.4 Å². The van der Waals surface area contributed by atoms with Gasteiger partial charge >= 0.3 is 0 Å². The summed E-state index contributed by atoms with van der Waals surface area (Å²) in [6.07, 6.45) is 3.49. The van der Waals surface area contributed by atoms with E-state index in [0.717, 1.165) is 27.4 Å². The van der Waals surface area contributed by atoms with E-state index in [1.165, 1.54) is 23.5 Å². The topological polar surface area (TPSA) is 67.8 Å². The average molecular weight is 473 g/mol. The normalized spacial score (nSPS) is 10.8. The van der Waals surface area contributed by atoms with E-state index in [0.29, 0.717) is 21.3 Å². The fourth-order valence-corrected chi connectivity index (χ4v) is 5.10. The summed E-state index contributed by atoms with van der Waals surface area (Å²) in [6.45, 7) is 1.80. The Bertz CT molecular complexity index is 1430. The molecule has 5 nitrogen and oxygen atoms in total. The molecule has 33 heavy (non-hydrogen) atoms. The smallest absolute Gasteiger partial charge is 0.267 e. The van der Waals surface area contributed by atoms with Gasteiger partial charge in [-0.2, -0.15) is 0 Å². The third-order valence-electron chi connectivity index (χ3n) is 4.94. The molecule has 0 aliphatic carbocycles. The van der Waals surface area contributed by atoms with Crippen LogP contribution in [0.25, 0.3) is 32.4 Å². The molecule has 0 radical (unpaired) electrons. The van der Waals surface area contributed by atoms with E-state index in [-0.39, 0.29) is 11.7 Å². The first-order chi connectivity index (χ1) is 16.1. The fourth-order valence-electron chi connectivity index (χ4n) is 3.30. The quantitative estimate of drug-likeness (QED) is 0.309. The minimum Gasteiger partial charge on any atom is -0.321 e. The van der Waals surface area contributed by atoms with E-state index in [4.69, 9.17) is 4.98 Å². The molecule has 5 aromatic rings. The summed E-state index contributed by atoms with van der Waals surface area (Å²) in [5.74, 6) is -0.538. The Morgan fingerprint density at radius 2 is 1.67 bits per heavy atom. The van der Waals surface area contributed by atoms with Gasteiger partial charge in [0.25, 0.3) is 5.91 Å². The van der Waals surface area contributed by atoms with Crippen LogP contribution in [0.3, 0.4) is 0 Å². The predicted molar refractivity (Wildman–Crippen MR) is 131 cm³/mol. The second-order valence-corrected chi connectivity index (χ2v) is 9.11. The first-order valence-corrected chi connectivity index (χ1v) is 11.8. The number of rotatable bonds is 5. The van der Waals surface area contributed by atoms with Gasteiger partial charge in [0.15, 0.2) is 0 Å². The molecule has 3 aromatic heterocycles. The third-order valence-corrected chi connectivity index (χ3v) is 7.04. The highest BCUT2D eigenvalue weighted by Gasteiger charge is 2.17. The lowest BCUT2D eigenvalue weighted by molar-refractivity contribution is 0.103. The van der Waals surface area contributed by atoms with E-state index < -0.39 is 0 Å². The van der Waals surface area contributed by atoms with Crippen LogP contribution in [-0.2, 0) is 0 Å². The lowest BCUT2D eigenvalue weighted by atomic mass is 10.1. The molecule has 3 heterocycles. The number of nitrogens with one attached hydrogen (secondary N) is 1. The van der Waals surface area contributed by atoms with Crippen LogP contribution in [0.15, 0.2) is 78.4 Å². The van der Waals surface area contributed by atoms with Crippen molar-refractivity contribution in [2.75, 3.05) is 5.32 Å². The highest BCUT2D eigenvalue weighted by Crippen LogP contribution is 2.31. The molecule has 0 aliphatic rings. The van der Waals surface area contributed by atoms with Gasteiger partial charge in [-0.1, -0.05) is 12.1 Å². The fraction of sp³-hybridized carbons (Fsp3) is 0.0400. The van der Waals surface area contributed by atoms with Crippen molar-refractivity contribution >= 4 is 34.3 Å². The number of benzene rings is 2. The third kappa shape index (κ3) is 4.57. The highest BCUT2D eigenvalue weighted by atomic mass is 32.1. The summed E-state index contributed by atoms with van der Waals surface area (Å²) in [5.41, 5.74) is 4.86. The van der Waals surface area contributed by atoms with Gasteiger partial charge in [-0.05, 0) is 55.5 Å². The maximum absolute atomic E-state index is 13.2. The van der Waals surface area contributed by atoms with Crippen molar-refractivity contribution in [3.8, 4) is 32.4 Å². The van der Waals surface area contributed by atoms with Gasteiger partial charge in [0, 0.05) is 40.2 Å². The first-order valence-electron chi connectivity index (χ1n) is 10.1. The Balaban J connectivity index is 1.36. The number of hydrogen-bond donors (Lipinski definition) is 1. The van der Waals surface area contributed by atoms with Gasteiger partial charge < -0.3 is 5.32 Å². The molecule has 8 heteroatoms. The molecule has 162 valence electrons. The number of pyridine rings is 1. The SMILES string of the molecule is Cc1nc(-c2ccc(F)cc2)sc1C(=O)Nc1cccc(-c2csc(-c3ccncc3)n2)c1. The van der Waals surface area contributed by atoms with Crippen molar-refractivity contribution in [3.63, 3.8) is 0 Å². The molecule has 0 saturated carbocycles. The molecule has 0 atom stereocenters. The number of amides is 1. The van der Waals surface area contributed by atoms with E-state index in [2.05, 4.69) is 15.3 Å². The molecule has 1 amide bonds. The van der Waals surface area contributed by atoms with Crippen molar-refractivity contribution in [1.29, 1.82) is 0 Å². The zero-order chi connectivity index (χ0) is 22.8. The molecular weight excluding hydrogens is 455 g/mol. The van der Waals surface area contributed by atoms with Gasteiger partial charge in [0.2, 0.25) is 0 Å². The Morgan fingerprint density at radius 1 is 0.909 bits per heavy atom. The second kappa shape index (κ2) is 9.01. The minimum absolute atomic E-state index is 0.230. The lowest BCUT2D eigenvalue weighted by Gasteiger charge is -2.06. The molecule has 0 bridgehead atoms. The first kappa shape index (κ1) is 21.1. The minimum atomic E-state index is -0.308. The van der Waals surface area contributed by atoms with Crippen LogP contribution in [0.5, 0.6) is 0 Å². The lowest BCUT2D eigenvalue weighted by Crippen LogP contribution is -2.11. The molecule has 0 spiro atoms. The zero-order valence-electron chi connectivity index (χ0n) is 17.4. The van der Waals surface area contributed by atoms with E-state index in [1.54, 1.807) is 42.8 Å². The Kier molecular flexibility index (Phi) is 5.77. The van der Waals surface area contributed by atoms with Gasteiger partial charge in [-0.3, -0.25) is 9.78 Å². The number of thiazole rings is 2. The molecule has 0 aliphatic heterocycles. The number of halogens is 1. The molecule has 5 rings (SSSR count). The summed E-state index contributed by atoms with van der Waals surface area (Å²) in [5, 5.41) is 6.55. The molecule has 0 unspecified atom stereocenters. The van der Waals surface area contributed by atoms with Crippen LogP contribution >= 0.6 is 22.7 Å². The molecule has 1 N–H and O–H groups in total. The Morgan fingerprint density at radius 3 is 2.45 bits per heavy atom. The molecular formula is C25H17FN4OS2. The van der Waals surface area contributed by atoms with Gasteiger partial charge in [0.1, 0.15) is 20.7 Å². The largest absolute Gasteiger partial charge is 0.321 e. The summed E-state index contributed by atoms with van der Waals surface area (Å²) < 4.78 is 13.2. The van der Waals surface area contributed by atoms with Crippen molar-refractivity contribution in [2.45, 2.75) is 6.92 Å². The highest BCUT2D eigenvalue weighted by molar-refractivity contribution is 7.17. The molecule has 0 saturated heterocycles. The number of carbonyl (C=O) groups excluding carboxylic acids is 1. The average Bonchev–Trinajstić information content (AvgIpc) is 3.48. The van der Waals surface area contributed by atoms with Crippen LogP contribution in [0.1, 0.15) is 15.4 Å². The van der Waals surface area contributed by atoms with Crippen LogP contribution in [0, 0.1) is 12.7 Å². The Labute approximate surface area is 197 Å². The number of carbonyl (C=O) groups is 1. The van der Waals surface area contributed by atoms with Gasteiger partial charge in [-0.25, -0.2) is 14.4 Å². The van der Waals surface area contributed by atoms with Crippen molar-refractivity contribution < 1.29 is 9.18 Å². The molecule has 0 fully saturated rings. The summed E-state index contributed by atoms with van der Waals surface area (Å²) in [7, 11) is 0. The summed E-state index contributed by atoms with van der Waals surface area (Å²) >= 11 is 2.85. The van der Waals surface area contributed by atoms with Crippen LogP contribution < -0.4 is 5.32 Å². The van der Waals surface area contributed by atoms with Crippen molar-refractivity contribution in [3.05, 3.63) is 94.8 Å². The number of aryl methyl sites for hydroxylation is 1. The predicted octanol–water partition coefficient (Wildman–Crippen LogP) is 6.70. The summed E-state index contributed by atoms with van der Waals surface area (Å²) in [4.78, 5) is 26.7. The maximum atomic E-state index is 13.2. The number of nitrogens with zero attached hydrogens (tertiary/aromatic N) is 3. The van der Waals surface area contributed by atoms with E-state index in [1.807, 2.05) is 41.8 Å². The van der Waals surface area contributed by atoms with Crippen LogP contribution in [-0.4, -0.2) is 20.9 Å². The van der Waals surface area contributed by atoms with Crippen LogP contribution in [0.2, 0.25) is 0 Å². The number of anilines is 1. The summed E-state index contributed by atoms with van der Waals surface area (Å²) in [6, 6.07) is 17.5.